The molecule has 4 aromatic rings. The van der Waals surface area contributed by atoms with E-state index in [9.17, 15) is 4.79 Å². The average molecular weight is 434 g/mol. The van der Waals surface area contributed by atoms with Crippen LogP contribution >= 0.6 is 0 Å². The molecule has 0 amide bonds. The quantitative estimate of drug-likeness (QED) is 0.424. The van der Waals surface area contributed by atoms with Crippen molar-refractivity contribution in [3.05, 3.63) is 46.2 Å². The summed E-state index contributed by atoms with van der Waals surface area (Å²) >= 11 is 0. The van der Waals surface area contributed by atoms with Crippen LogP contribution in [0.3, 0.4) is 0 Å². The molecule has 1 aromatic carbocycles. The van der Waals surface area contributed by atoms with Crippen LogP contribution in [0.2, 0.25) is 0 Å². The van der Waals surface area contributed by atoms with Crippen molar-refractivity contribution in [2.75, 3.05) is 6.61 Å². The Hall–Kier alpha value is -3.49. The van der Waals surface area contributed by atoms with Crippen LogP contribution in [0.15, 0.2) is 35.1 Å². The first-order valence-corrected chi connectivity index (χ1v) is 11.4. The fourth-order valence-electron chi connectivity index (χ4n) is 4.45. The molecule has 1 aliphatic rings. The van der Waals surface area contributed by atoms with Gasteiger partial charge in [-0.1, -0.05) is 32.6 Å². The lowest BCUT2D eigenvalue weighted by molar-refractivity contribution is 0.309. The van der Waals surface area contributed by atoms with Crippen LogP contribution in [-0.4, -0.2) is 41.8 Å². The molecule has 9 nitrogen and oxygen atoms in total. The lowest BCUT2D eigenvalue weighted by Crippen LogP contribution is -2.25. The third kappa shape index (κ3) is 3.90. The third-order valence-electron chi connectivity index (χ3n) is 6.14. The Balaban J connectivity index is 1.60. The van der Waals surface area contributed by atoms with Crippen LogP contribution in [0.25, 0.3) is 28.4 Å². The maximum absolute atomic E-state index is 13.6. The van der Waals surface area contributed by atoms with E-state index in [4.69, 9.17) is 9.72 Å². The Morgan fingerprint density at radius 2 is 1.97 bits per heavy atom. The van der Waals surface area contributed by atoms with Crippen molar-refractivity contribution in [3.63, 3.8) is 0 Å². The molecule has 0 atom stereocenters. The van der Waals surface area contributed by atoms with Gasteiger partial charge in [0.1, 0.15) is 11.4 Å². The van der Waals surface area contributed by atoms with Crippen molar-refractivity contribution in [2.24, 2.45) is 0 Å². The molecule has 1 aliphatic carbocycles. The Morgan fingerprint density at radius 3 is 2.69 bits per heavy atom. The molecule has 0 saturated heterocycles. The molecule has 3 heterocycles. The van der Waals surface area contributed by atoms with Crippen LogP contribution in [0.4, 0.5) is 0 Å². The van der Waals surface area contributed by atoms with Crippen LogP contribution < -0.4 is 10.3 Å². The van der Waals surface area contributed by atoms with E-state index in [0.29, 0.717) is 23.8 Å². The number of aromatic nitrogens is 7. The number of fused-ring (bicyclic) bond motifs is 1. The van der Waals surface area contributed by atoms with Gasteiger partial charge < -0.3 is 4.74 Å². The normalized spacial score (nSPS) is 14.8. The van der Waals surface area contributed by atoms with E-state index in [-0.39, 0.29) is 11.5 Å². The summed E-state index contributed by atoms with van der Waals surface area (Å²) < 4.78 is 7.31. The summed E-state index contributed by atoms with van der Waals surface area (Å²) in [5.74, 6) is 1.43. The van der Waals surface area contributed by atoms with Crippen molar-refractivity contribution in [1.82, 2.24) is 35.2 Å². The minimum atomic E-state index is -0.0603. The van der Waals surface area contributed by atoms with Crippen LogP contribution in [0, 0.1) is 0 Å². The number of unbranched alkanes of at least 4 members (excludes halogenated alkanes) is 1. The average Bonchev–Trinajstić information content (AvgIpc) is 3.50. The molecule has 3 aromatic heterocycles. The van der Waals surface area contributed by atoms with E-state index in [0.717, 1.165) is 61.1 Å². The summed E-state index contributed by atoms with van der Waals surface area (Å²) in [7, 11) is 0. The summed E-state index contributed by atoms with van der Waals surface area (Å²) in [4.78, 5) is 18.6. The van der Waals surface area contributed by atoms with E-state index in [1.54, 1.807) is 6.07 Å². The highest BCUT2D eigenvalue weighted by molar-refractivity contribution is 5.68. The molecule has 0 unspecified atom stereocenters. The topological polar surface area (TPSA) is 114 Å². The monoisotopic (exact) mass is 433 g/mol. The summed E-state index contributed by atoms with van der Waals surface area (Å²) in [6.45, 7) is 2.85. The zero-order chi connectivity index (χ0) is 21.9. The molecule has 1 saturated carbocycles. The molecule has 2 N–H and O–H groups in total. The molecule has 9 heteroatoms. The maximum atomic E-state index is 13.6. The second kappa shape index (κ2) is 8.94. The molecule has 0 aliphatic heterocycles. The zero-order valence-electron chi connectivity index (χ0n) is 18.2. The van der Waals surface area contributed by atoms with Gasteiger partial charge in [0.2, 0.25) is 5.82 Å². The van der Waals surface area contributed by atoms with Crippen molar-refractivity contribution in [2.45, 2.75) is 57.8 Å². The van der Waals surface area contributed by atoms with Crippen molar-refractivity contribution in [3.8, 4) is 28.5 Å². The number of benzene rings is 1. The molecule has 0 radical (unpaired) electrons. The first-order valence-electron chi connectivity index (χ1n) is 11.4. The van der Waals surface area contributed by atoms with E-state index in [2.05, 4.69) is 32.6 Å². The van der Waals surface area contributed by atoms with E-state index in [1.807, 2.05) is 24.3 Å². The summed E-state index contributed by atoms with van der Waals surface area (Å²) in [5.41, 5.74) is 3.52. The number of aromatic amines is 2. The standard InChI is InChI=1S/C23H27N7O2/c1-2-3-13-32-17-11-9-16(10-12-17)21-20(15-7-5-4-6-8-15)23(31)30-19(24-21)14-18(27-30)22-25-28-29-26-22/h9-12,14-15,27H,2-8,13H2,1H3,(H,25,26,28,29). The summed E-state index contributed by atoms with van der Waals surface area (Å²) in [5, 5.41) is 17.2. The van der Waals surface area contributed by atoms with Gasteiger partial charge in [0.05, 0.1) is 12.3 Å². The minimum absolute atomic E-state index is 0.0603. The minimum Gasteiger partial charge on any atom is -0.494 e. The van der Waals surface area contributed by atoms with E-state index >= 15 is 0 Å². The lowest BCUT2D eigenvalue weighted by Gasteiger charge is -2.23. The third-order valence-corrected chi connectivity index (χ3v) is 6.14. The van der Waals surface area contributed by atoms with Gasteiger partial charge in [0.25, 0.3) is 5.56 Å². The number of hydrogen-bond acceptors (Lipinski definition) is 6. The molecule has 32 heavy (non-hydrogen) atoms. The molecular weight excluding hydrogens is 406 g/mol. The van der Waals surface area contributed by atoms with Gasteiger partial charge in [-0.3, -0.25) is 9.89 Å². The molecule has 0 spiro atoms. The first-order chi connectivity index (χ1) is 15.7. The van der Waals surface area contributed by atoms with Gasteiger partial charge in [-0.2, -0.15) is 5.21 Å². The predicted octanol–water partition coefficient (Wildman–Crippen LogP) is 4.10. The highest BCUT2D eigenvalue weighted by Gasteiger charge is 2.26. The zero-order valence-corrected chi connectivity index (χ0v) is 18.2. The predicted molar refractivity (Wildman–Crippen MR) is 121 cm³/mol. The number of hydrogen-bond donors (Lipinski definition) is 2. The number of rotatable bonds is 7. The van der Waals surface area contributed by atoms with Crippen LogP contribution in [0.1, 0.15) is 63.4 Å². The molecule has 0 bridgehead atoms. The number of nitrogens with one attached hydrogen (secondary N) is 2. The number of ether oxygens (including phenoxy) is 1. The van der Waals surface area contributed by atoms with Crippen LogP contribution in [0.5, 0.6) is 5.75 Å². The number of tetrazole rings is 1. The van der Waals surface area contributed by atoms with Crippen molar-refractivity contribution < 1.29 is 4.74 Å². The highest BCUT2D eigenvalue weighted by atomic mass is 16.5. The van der Waals surface area contributed by atoms with E-state index < -0.39 is 0 Å². The molecule has 5 rings (SSSR count). The second-order valence-corrected chi connectivity index (χ2v) is 8.34. The molecule has 1 fully saturated rings. The van der Waals surface area contributed by atoms with Gasteiger partial charge in [0.15, 0.2) is 5.65 Å². The van der Waals surface area contributed by atoms with Gasteiger partial charge >= 0.3 is 0 Å². The molecular formula is C23H27N7O2. The first kappa shape index (κ1) is 20.4. The fourth-order valence-corrected chi connectivity index (χ4v) is 4.45. The fraction of sp³-hybridized carbons (Fsp3) is 0.435. The Morgan fingerprint density at radius 1 is 1.16 bits per heavy atom. The highest BCUT2D eigenvalue weighted by Crippen LogP contribution is 2.36. The SMILES string of the molecule is CCCCOc1ccc(-c2nc3cc(-c4nn[nH]n4)[nH]n3c(=O)c2C2CCCCC2)cc1. The van der Waals surface area contributed by atoms with Gasteiger partial charge in [-0.05, 0) is 54.7 Å². The maximum Gasteiger partial charge on any atom is 0.276 e. The van der Waals surface area contributed by atoms with Gasteiger partial charge in [0, 0.05) is 17.2 Å². The van der Waals surface area contributed by atoms with E-state index in [1.165, 1.54) is 10.9 Å². The Labute approximate surface area is 185 Å². The number of nitrogens with zero attached hydrogens (tertiary/aromatic N) is 5. The van der Waals surface area contributed by atoms with Crippen molar-refractivity contribution >= 4 is 5.65 Å². The van der Waals surface area contributed by atoms with Gasteiger partial charge in [-0.25, -0.2) is 9.50 Å². The molecule has 166 valence electrons. The van der Waals surface area contributed by atoms with Crippen LogP contribution in [-0.2, 0) is 0 Å². The second-order valence-electron chi connectivity index (χ2n) is 8.34. The summed E-state index contributed by atoms with van der Waals surface area (Å²) in [6, 6.07) is 9.70. The largest absolute Gasteiger partial charge is 0.494 e. The summed E-state index contributed by atoms with van der Waals surface area (Å²) in [6.07, 6.45) is 7.62. The van der Waals surface area contributed by atoms with Crippen molar-refractivity contribution in [1.29, 1.82) is 0 Å². The smallest absolute Gasteiger partial charge is 0.276 e. The van der Waals surface area contributed by atoms with Gasteiger partial charge in [-0.15, -0.1) is 10.2 Å². The Kier molecular flexibility index (Phi) is 5.70. The Bertz CT molecular complexity index is 1240. The number of H-pyrrole nitrogens is 2. The lowest BCUT2D eigenvalue weighted by atomic mass is 9.83.